The van der Waals surface area contributed by atoms with E-state index < -0.39 is 0 Å². The van der Waals surface area contributed by atoms with Crippen LogP contribution in [0.2, 0.25) is 0 Å². The normalized spacial score (nSPS) is 20.8. The largest absolute Gasteiger partial charge is 0.226 e. The van der Waals surface area contributed by atoms with Crippen molar-refractivity contribution in [3.05, 3.63) is 0 Å². The SMILES string of the molecule is C1=NCCCCCCCN=1. The molecule has 0 atom stereocenters. The van der Waals surface area contributed by atoms with E-state index in [1.165, 1.54) is 32.1 Å². The van der Waals surface area contributed by atoms with Crippen LogP contribution in [-0.4, -0.2) is 19.1 Å². The van der Waals surface area contributed by atoms with Crippen LogP contribution in [0.1, 0.15) is 32.1 Å². The molecule has 0 amide bonds. The van der Waals surface area contributed by atoms with E-state index >= 15 is 0 Å². The van der Waals surface area contributed by atoms with Crippen molar-refractivity contribution in [2.24, 2.45) is 9.98 Å². The van der Waals surface area contributed by atoms with Crippen LogP contribution in [0.25, 0.3) is 0 Å². The summed E-state index contributed by atoms with van der Waals surface area (Å²) >= 11 is 0. The van der Waals surface area contributed by atoms with E-state index in [1.54, 1.807) is 0 Å². The van der Waals surface area contributed by atoms with Crippen LogP contribution in [0.15, 0.2) is 9.98 Å². The summed E-state index contributed by atoms with van der Waals surface area (Å²) in [5.74, 6) is 0. The molecule has 1 aliphatic heterocycles. The van der Waals surface area contributed by atoms with Gasteiger partial charge in [-0.15, -0.1) is 0 Å². The lowest BCUT2D eigenvalue weighted by atomic mass is 10.1. The third kappa shape index (κ3) is 3.41. The van der Waals surface area contributed by atoms with Crippen LogP contribution in [0.4, 0.5) is 0 Å². The molecular weight excluding hydrogens is 124 g/mol. The van der Waals surface area contributed by atoms with Crippen LogP contribution >= 0.6 is 0 Å². The number of nitrogens with zero attached hydrogens (tertiary/aromatic N) is 2. The zero-order chi connectivity index (χ0) is 7.07. The smallest absolute Gasteiger partial charge is 0.0892 e. The minimum Gasteiger partial charge on any atom is -0.226 e. The Balaban J connectivity index is 2.27. The highest BCUT2D eigenvalue weighted by atomic mass is 14.8. The van der Waals surface area contributed by atoms with Gasteiger partial charge in [0.05, 0.1) is 6.01 Å². The summed E-state index contributed by atoms with van der Waals surface area (Å²) in [6.45, 7) is 1.84. The average molecular weight is 138 g/mol. The monoisotopic (exact) mass is 138 g/mol. The molecule has 0 bridgehead atoms. The Morgan fingerprint density at radius 1 is 0.700 bits per heavy atom. The first kappa shape index (κ1) is 7.49. The third-order valence-electron chi connectivity index (χ3n) is 1.68. The molecule has 1 heterocycles. The minimum atomic E-state index is 0.920. The van der Waals surface area contributed by atoms with Gasteiger partial charge in [-0.1, -0.05) is 19.3 Å². The predicted octanol–water partition coefficient (Wildman–Crippen LogP) is 2.12. The van der Waals surface area contributed by atoms with Crippen molar-refractivity contribution in [2.75, 3.05) is 13.1 Å². The Labute approximate surface area is 62.1 Å². The van der Waals surface area contributed by atoms with Gasteiger partial charge in [-0.2, -0.15) is 0 Å². The van der Waals surface area contributed by atoms with Gasteiger partial charge >= 0.3 is 0 Å². The molecule has 0 saturated carbocycles. The zero-order valence-electron chi connectivity index (χ0n) is 6.34. The quantitative estimate of drug-likeness (QED) is 0.490. The first-order valence-corrected chi connectivity index (χ1v) is 4.08. The lowest BCUT2D eigenvalue weighted by Crippen LogP contribution is -1.87. The second-order valence-electron chi connectivity index (χ2n) is 2.63. The van der Waals surface area contributed by atoms with Crippen molar-refractivity contribution in [1.29, 1.82) is 0 Å². The van der Waals surface area contributed by atoms with Crippen molar-refractivity contribution >= 4 is 6.01 Å². The molecule has 0 N–H and O–H groups in total. The van der Waals surface area contributed by atoms with Gasteiger partial charge in [-0.25, -0.2) is 9.98 Å². The summed E-state index contributed by atoms with van der Waals surface area (Å²) in [5, 5.41) is 0. The molecule has 0 aliphatic carbocycles. The van der Waals surface area contributed by atoms with Gasteiger partial charge in [0.15, 0.2) is 0 Å². The van der Waals surface area contributed by atoms with Gasteiger partial charge in [-0.05, 0) is 12.8 Å². The second-order valence-corrected chi connectivity index (χ2v) is 2.63. The average Bonchev–Trinajstić information content (AvgIpc) is 2.01. The fourth-order valence-electron chi connectivity index (χ4n) is 1.06. The molecule has 2 heteroatoms. The topological polar surface area (TPSA) is 24.7 Å². The molecule has 2 nitrogen and oxygen atoms in total. The van der Waals surface area contributed by atoms with Crippen LogP contribution in [0, 0.1) is 0 Å². The molecule has 0 fully saturated rings. The molecule has 1 aliphatic rings. The summed E-state index contributed by atoms with van der Waals surface area (Å²) in [5.41, 5.74) is 0. The van der Waals surface area contributed by atoms with Crippen LogP contribution < -0.4 is 0 Å². The molecule has 1 rings (SSSR count). The van der Waals surface area contributed by atoms with Gasteiger partial charge in [0.1, 0.15) is 0 Å². The fourth-order valence-corrected chi connectivity index (χ4v) is 1.06. The molecule has 0 saturated heterocycles. The van der Waals surface area contributed by atoms with E-state index in [4.69, 9.17) is 0 Å². The zero-order valence-corrected chi connectivity index (χ0v) is 6.34. The maximum Gasteiger partial charge on any atom is 0.0892 e. The van der Waals surface area contributed by atoms with E-state index in [9.17, 15) is 0 Å². The standard InChI is InChI=1S/C8H14N2/c1-2-4-6-9-8-10-7-5-3-1/h1-7H2. The first-order chi connectivity index (χ1) is 5.00. The maximum absolute atomic E-state index is 4.02. The third-order valence-corrected chi connectivity index (χ3v) is 1.68. The van der Waals surface area contributed by atoms with E-state index in [0.29, 0.717) is 0 Å². The summed E-state index contributed by atoms with van der Waals surface area (Å²) in [6.07, 6.45) is 6.42. The molecular formula is C8H14N2. The molecule has 0 spiro atoms. The molecule has 0 aromatic rings. The Bertz CT molecular complexity index is 122. The number of hydrogen-bond acceptors (Lipinski definition) is 2. The second kappa shape index (κ2) is 5.19. The fraction of sp³-hybridized carbons (Fsp3) is 0.875. The number of rotatable bonds is 0. The first-order valence-electron chi connectivity index (χ1n) is 4.08. The van der Waals surface area contributed by atoms with Gasteiger partial charge in [0, 0.05) is 13.1 Å². The molecule has 0 aromatic carbocycles. The van der Waals surface area contributed by atoms with Gasteiger partial charge < -0.3 is 0 Å². The van der Waals surface area contributed by atoms with Crippen molar-refractivity contribution in [3.8, 4) is 0 Å². The molecule has 10 heavy (non-hydrogen) atoms. The number of aliphatic imine (C=N–C) groups is 2. The van der Waals surface area contributed by atoms with Crippen LogP contribution in [-0.2, 0) is 0 Å². The summed E-state index contributed by atoms with van der Waals surface area (Å²) in [6, 6.07) is 2.70. The summed E-state index contributed by atoms with van der Waals surface area (Å²) in [4.78, 5) is 8.03. The Hall–Kier alpha value is -0.620. The Morgan fingerprint density at radius 2 is 1.20 bits per heavy atom. The van der Waals surface area contributed by atoms with Crippen molar-refractivity contribution in [3.63, 3.8) is 0 Å². The summed E-state index contributed by atoms with van der Waals surface area (Å²) in [7, 11) is 0. The molecule has 0 radical (unpaired) electrons. The molecule has 0 aromatic heterocycles. The Kier molecular flexibility index (Phi) is 3.88. The highest BCUT2D eigenvalue weighted by Gasteiger charge is 1.90. The van der Waals surface area contributed by atoms with E-state index in [1.807, 2.05) is 0 Å². The predicted molar refractivity (Wildman–Crippen MR) is 42.7 cm³/mol. The van der Waals surface area contributed by atoms with Crippen molar-refractivity contribution in [2.45, 2.75) is 32.1 Å². The highest BCUT2D eigenvalue weighted by Crippen LogP contribution is 2.03. The summed E-state index contributed by atoms with van der Waals surface area (Å²) < 4.78 is 0. The van der Waals surface area contributed by atoms with Crippen LogP contribution in [0.5, 0.6) is 0 Å². The van der Waals surface area contributed by atoms with Gasteiger partial charge in [-0.3, -0.25) is 0 Å². The molecule has 56 valence electrons. The van der Waals surface area contributed by atoms with Gasteiger partial charge in [0.25, 0.3) is 0 Å². The molecule has 0 unspecified atom stereocenters. The van der Waals surface area contributed by atoms with E-state index in [2.05, 4.69) is 16.0 Å². The van der Waals surface area contributed by atoms with E-state index in [0.717, 1.165) is 13.1 Å². The van der Waals surface area contributed by atoms with Crippen molar-refractivity contribution < 1.29 is 0 Å². The lowest BCUT2D eigenvalue weighted by Gasteiger charge is -1.97. The Morgan fingerprint density at radius 3 is 1.80 bits per heavy atom. The number of hydrogen-bond donors (Lipinski definition) is 0. The van der Waals surface area contributed by atoms with Crippen LogP contribution in [0.3, 0.4) is 0 Å². The van der Waals surface area contributed by atoms with E-state index in [-0.39, 0.29) is 0 Å². The van der Waals surface area contributed by atoms with Gasteiger partial charge in [0.2, 0.25) is 0 Å². The lowest BCUT2D eigenvalue weighted by molar-refractivity contribution is 0.620. The minimum absolute atomic E-state index is 0.920. The maximum atomic E-state index is 4.02. The van der Waals surface area contributed by atoms with Crippen molar-refractivity contribution in [1.82, 2.24) is 0 Å². The highest BCUT2D eigenvalue weighted by molar-refractivity contribution is 5.40.